The Hall–Kier alpha value is -4.94. The standard InChI is InChI=1S/C31H32F2N6O5/c1-3-42-31(41)25-17-4-7-21(25)39(15-17)18-6-9-23(19(13-18)29-36-10-11-38(29)2)43-27-20(32)14-37-30(26(27)33)44-24-12-16(28(34)35)5-8-22(24)40/h5-6,8-9,12-14,17,21,25,40H,3-4,7,10-11,15H2,1-2H3,(H3,34,35). The molecule has 3 aromatic rings. The van der Waals surface area contributed by atoms with Crippen LogP contribution in [-0.2, 0) is 9.53 Å². The number of piperidine rings is 1. The number of ether oxygens (including phenoxy) is 3. The van der Waals surface area contributed by atoms with E-state index in [1.54, 1.807) is 19.1 Å². The van der Waals surface area contributed by atoms with Crippen molar-refractivity contribution in [1.29, 1.82) is 5.41 Å². The predicted octanol–water partition coefficient (Wildman–Crippen LogP) is 4.40. The van der Waals surface area contributed by atoms with Gasteiger partial charge in [0.25, 0.3) is 5.88 Å². The Morgan fingerprint density at radius 3 is 2.70 bits per heavy atom. The number of aromatic hydroxyl groups is 1. The minimum Gasteiger partial charge on any atom is -0.504 e. The van der Waals surface area contributed by atoms with Crippen LogP contribution in [0.1, 0.15) is 30.9 Å². The van der Waals surface area contributed by atoms with Crippen LogP contribution < -0.4 is 20.1 Å². The molecule has 44 heavy (non-hydrogen) atoms. The number of phenolic OH excluding ortho intramolecular Hbond substituents is 1. The van der Waals surface area contributed by atoms with Crippen molar-refractivity contribution >= 4 is 23.3 Å². The molecule has 0 radical (unpaired) electrons. The summed E-state index contributed by atoms with van der Waals surface area (Å²) >= 11 is 0. The summed E-state index contributed by atoms with van der Waals surface area (Å²) < 4.78 is 47.4. The molecule has 1 aliphatic carbocycles. The lowest BCUT2D eigenvalue weighted by Crippen LogP contribution is -2.35. The minimum absolute atomic E-state index is 0.00497. The van der Waals surface area contributed by atoms with Crippen LogP contribution in [0.4, 0.5) is 14.5 Å². The van der Waals surface area contributed by atoms with Crippen molar-refractivity contribution in [3.05, 3.63) is 65.4 Å². The lowest BCUT2D eigenvalue weighted by molar-refractivity contribution is -0.148. The van der Waals surface area contributed by atoms with Crippen LogP contribution in [0, 0.1) is 28.9 Å². The van der Waals surface area contributed by atoms with E-state index in [0.29, 0.717) is 37.6 Å². The van der Waals surface area contributed by atoms with E-state index >= 15 is 8.78 Å². The fourth-order valence-corrected chi connectivity index (χ4v) is 6.24. The molecule has 6 rings (SSSR count). The molecule has 13 heteroatoms. The Bertz CT molecular complexity index is 1670. The number of carbonyl (C=O) groups is 1. The summed E-state index contributed by atoms with van der Waals surface area (Å²) in [6.07, 6.45) is 2.57. The van der Waals surface area contributed by atoms with Crippen molar-refractivity contribution in [2.75, 3.05) is 38.2 Å². The van der Waals surface area contributed by atoms with E-state index in [4.69, 9.17) is 25.4 Å². The van der Waals surface area contributed by atoms with Gasteiger partial charge in [-0.2, -0.15) is 4.39 Å². The van der Waals surface area contributed by atoms with Crippen LogP contribution in [0.5, 0.6) is 28.9 Å². The number of aliphatic imine (C=N–C) groups is 1. The second-order valence-electron chi connectivity index (χ2n) is 11.0. The van der Waals surface area contributed by atoms with Crippen LogP contribution in [0.25, 0.3) is 0 Å². The average molecular weight is 607 g/mol. The number of nitrogen functional groups attached to an aromatic ring is 1. The number of nitrogens with two attached hydrogens (primary N) is 1. The molecule has 230 valence electrons. The zero-order valence-electron chi connectivity index (χ0n) is 24.2. The van der Waals surface area contributed by atoms with E-state index < -0.39 is 23.3 Å². The van der Waals surface area contributed by atoms with Gasteiger partial charge >= 0.3 is 5.97 Å². The summed E-state index contributed by atoms with van der Waals surface area (Å²) in [6, 6.07) is 9.17. The second-order valence-corrected chi connectivity index (χ2v) is 11.0. The number of likely N-dealkylation sites (N-methyl/N-ethyl adjacent to an activating group) is 1. The molecule has 4 N–H and O–H groups in total. The molecule has 0 amide bonds. The maximum atomic E-state index is 15.7. The molecular weight excluding hydrogens is 574 g/mol. The largest absolute Gasteiger partial charge is 0.504 e. The molecule has 0 spiro atoms. The Balaban J connectivity index is 1.34. The van der Waals surface area contributed by atoms with Crippen molar-refractivity contribution < 1.29 is 32.9 Å². The molecule has 3 aliphatic rings. The number of pyridine rings is 1. The zero-order chi connectivity index (χ0) is 31.1. The van der Waals surface area contributed by atoms with Crippen LogP contribution in [0.15, 0.2) is 47.6 Å². The molecule has 1 saturated carbocycles. The predicted molar refractivity (Wildman–Crippen MR) is 158 cm³/mol. The summed E-state index contributed by atoms with van der Waals surface area (Å²) in [5.74, 6) is -4.00. The Kier molecular flexibility index (Phi) is 7.70. The fourth-order valence-electron chi connectivity index (χ4n) is 6.24. The number of amidine groups is 2. The number of aromatic nitrogens is 1. The molecule has 2 aliphatic heterocycles. The van der Waals surface area contributed by atoms with Gasteiger partial charge in [0, 0.05) is 37.4 Å². The molecule has 1 saturated heterocycles. The van der Waals surface area contributed by atoms with Gasteiger partial charge in [-0.15, -0.1) is 0 Å². The summed E-state index contributed by atoms with van der Waals surface area (Å²) in [5, 5.41) is 17.8. The first-order valence-electron chi connectivity index (χ1n) is 14.4. The number of nitrogens with one attached hydrogen (secondary N) is 1. The number of anilines is 1. The number of benzene rings is 2. The van der Waals surface area contributed by atoms with Gasteiger partial charge in [0.2, 0.25) is 11.6 Å². The van der Waals surface area contributed by atoms with Gasteiger partial charge in [-0.05, 0) is 62.1 Å². The normalized spacial score (nSPS) is 20.5. The first kappa shape index (κ1) is 29.1. The molecule has 2 fully saturated rings. The van der Waals surface area contributed by atoms with Crippen molar-refractivity contribution in [2.24, 2.45) is 22.6 Å². The zero-order valence-corrected chi connectivity index (χ0v) is 24.2. The number of rotatable bonds is 9. The second kappa shape index (κ2) is 11.6. The highest BCUT2D eigenvalue weighted by atomic mass is 19.1. The number of nitrogens with zero attached hydrogens (tertiary/aromatic N) is 4. The SMILES string of the molecule is CCOC(=O)C1C2CCC1N(c1ccc(Oc3c(F)cnc(Oc4cc(C(=N)N)ccc4O)c3F)c(C3=NCCN3C)c1)C2. The molecule has 2 bridgehead atoms. The van der Waals surface area contributed by atoms with Gasteiger partial charge in [-0.1, -0.05) is 0 Å². The maximum Gasteiger partial charge on any atom is 0.311 e. The van der Waals surface area contributed by atoms with Crippen LogP contribution in [0.2, 0.25) is 0 Å². The van der Waals surface area contributed by atoms with Gasteiger partial charge in [0.15, 0.2) is 17.3 Å². The summed E-state index contributed by atoms with van der Waals surface area (Å²) in [5.41, 5.74) is 7.11. The van der Waals surface area contributed by atoms with Crippen LogP contribution in [0.3, 0.4) is 0 Å². The smallest absolute Gasteiger partial charge is 0.311 e. The lowest BCUT2D eigenvalue weighted by atomic mass is 9.99. The van der Waals surface area contributed by atoms with Crippen molar-refractivity contribution in [2.45, 2.75) is 25.8 Å². The van der Waals surface area contributed by atoms with E-state index in [-0.39, 0.29) is 52.5 Å². The van der Waals surface area contributed by atoms with E-state index in [9.17, 15) is 9.90 Å². The quantitative estimate of drug-likeness (QED) is 0.183. The van der Waals surface area contributed by atoms with Crippen molar-refractivity contribution in [3.8, 4) is 28.9 Å². The van der Waals surface area contributed by atoms with Gasteiger partial charge in [0.1, 0.15) is 17.4 Å². The van der Waals surface area contributed by atoms with E-state index in [1.807, 2.05) is 18.0 Å². The minimum atomic E-state index is -1.23. The summed E-state index contributed by atoms with van der Waals surface area (Å²) in [6.45, 7) is 4.04. The topological polar surface area (TPSA) is 147 Å². The number of hydrogen-bond acceptors (Lipinski definition) is 10. The van der Waals surface area contributed by atoms with Gasteiger partial charge in [-0.3, -0.25) is 15.2 Å². The first-order chi connectivity index (χ1) is 21.2. The Labute approximate surface area is 252 Å². The highest BCUT2D eigenvalue weighted by molar-refractivity contribution is 6.03. The highest BCUT2D eigenvalue weighted by Crippen LogP contribution is 2.46. The Morgan fingerprint density at radius 1 is 1.16 bits per heavy atom. The third-order valence-electron chi connectivity index (χ3n) is 8.33. The lowest BCUT2D eigenvalue weighted by Gasteiger charge is -2.30. The summed E-state index contributed by atoms with van der Waals surface area (Å²) in [7, 11) is 1.87. The number of fused-ring (bicyclic) bond motifs is 2. The van der Waals surface area contributed by atoms with Gasteiger partial charge in [-0.25, -0.2) is 9.37 Å². The van der Waals surface area contributed by atoms with Gasteiger partial charge in [0.05, 0.1) is 30.8 Å². The van der Waals surface area contributed by atoms with Crippen LogP contribution in [-0.4, -0.2) is 72.0 Å². The monoisotopic (exact) mass is 606 g/mol. The number of hydrogen-bond donors (Lipinski definition) is 3. The van der Waals surface area contributed by atoms with Crippen molar-refractivity contribution in [1.82, 2.24) is 9.88 Å². The van der Waals surface area contributed by atoms with E-state index in [0.717, 1.165) is 24.7 Å². The molecule has 3 unspecified atom stereocenters. The molecule has 1 aromatic heterocycles. The molecule has 3 heterocycles. The fraction of sp³-hybridized carbons (Fsp3) is 0.355. The number of esters is 1. The molecule has 2 aromatic carbocycles. The Morgan fingerprint density at radius 2 is 1.98 bits per heavy atom. The van der Waals surface area contributed by atoms with Crippen LogP contribution >= 0.6 is 0 Å². The number of carbonyl (C=O) groups excluding carboxylic acids is 1. The first-order valence-corrected chi connectivity index (χ1v) is 14.4. The average Bonchev–Trinajstić information content (AvgIpc) is 3.72. The number of phenols is 1. The van der Waals surface area contributed by atoms with E-state index in [1.165, 1.54) is 18.2 Å². The molecule has 11 nitrogen and oxygen atoms in total. The third kappa shape index (κ3) is 5.22. The van der Waals surface area contributed by atoms with E-state index in [2.05, 4.69) is 14.9 Å². The molecule has 3 atom stereocenters. The highest BCUT2D eigenvalue weighted by Gasteiger charge is 2.51. The maximum absolute atomic E-state index is 15.7. The van der Waals surface area contributed by atoms with Gasteiger partial charge < -0.3 is 34.9 Å². The van der Waals surface area contributed by atoms with Crippen molar-refractivity contribution in [3.63, 3.8) is 0 Å². The number of halogens is 2. The molecular formula is C31H32F2N6O5. The third-order valence-corrected chi connectivity index (χ3v) is 8.33. The summed E-state index contributed by atoms with van der Waals surface area (Å²) in [4.78, 5) is 25.2.